The van der Waals surface area contributed by atoms with Gasteiger partial charge in [0, 0.05) is 29.4 Å². The van der Waals surface area contributed by atoms with E-state index < -0.39 is 41.2 Å². The molecule has 1 fully saturated rings. The molecule has 1 aromatic carbocycles. The van der Waals surface area contributed by atoms with Gasteiger partial charge < -0.3 is 29.7 Å². The minimum absolute atomic E-state index is 0.0114. The first-order valence-corrected chi connectivity index (χ1v) is 13.0. The number of carbonyl (C=O) groups is 3. The summed E-state index contributed by atoms with van der Waals surface area (Å²) in [6.45, 7) is 8.02. The maximum atomic E-state index is 13.5. The highest BCUT2D eigenvalue weighted by molar-refractivity contribution is 6.02. The van der Waals surface area contributed by atoms with Crippen LogP contribution >= 0.6 is 0 Å². The molecule has 1 aromatic rings. The maximum absolute atomic E-state index is 13.5. The van der Waals surface area contributed by atoms with Crippen molar-refractivity contribution in [3.63, 3.8) is 0 Å². The average Bonchev–Trinajstić information content (AvgIpc) is 3.34. The molecule has 1 amide bonds. The van der Waals surface area contributed by atoms with Crippen LogP contribution < -0.4 is 9.47 Å². The number of hydrogen-bond acceptors (Lipinski definition) is 6. The minimum atomic E-state index is -1.27. The lowest BCUT2D eigenvalue weighted by molar-refractivity contribution is -0.143. The second-order valence-corrected chi connectivity index (χ2v) is 11.7. The Morgan fingerprint density at radius 2 is 2.00 bits per heavy atom. The molecule has 1 saturated carbocycles. The summed E-state index contributed by atoms with van der Waals surface area (Å²) in [6.07, 6.45) is 4.09. The number of carboxylic acids is 2. The quantitative estimate of drug-likeness (QED) is 0.446. The van der Waals surface area contributed by atoms with Gasteiger partial charge in [0.25, 0.3) is 5.91 Å². The first kappa shape index (κ1) is 25.6. The highest BCUT2D eigenvalue weighted by Gasteiger charge is 2.61. The summed E-state index contributed by atoms with van der Waals surface area (Å²) in [7, 11) is 0. The number of amides is 1. The van der Waals surface area contributed by atoms with Gasteiger partial charge in [0.15, 0.2) is 0 Å². The molecule has 0 saturated heterocycles. The van der Waals surface area contributed by atoms with E-state index >= 15 is 0 Å². The zero-order valence-electron chi connectivity index (χ0n) is 21.7. The van der Waals surface area contributed by atoms with Crippen LogP contribution in [0.3, 0.4) is 0 Å². The Morgan fingerprint density at radius 1 is 1.27 bits per heavy atom. The number of carbonyl (C=O) groups excluding carboxylic acids is 1. The Morgan fingerprint density at radius 3 is 2.65 bits per heavy atom. The van der Waals surface area contributed by atoms with Gasteiger partial charge in [-0.05, 0) is 65.9 Å². The van der Waals surface area contributed by atoms with Crippen molar-refractivity contribution in [1.82, 2.24) is 4.90 Å². The van der Waals surface area contributed by atoms with Crippen LogP contribution in [0.15, 0.2) is 17.7 Å². The smallest absolute Gasteiger partial charge is 0.326 e. The predicted octanol–water partition coefficient (Wildman–Crippen LogP) is 3.86. The molecule has 0 spiro atoms. The summed E-state index contributed by atoms with van der Waals surface area (Å²) < 4.78 is 13.2. The van der Waals surface area contributed by atoms with Crippen LogP contribution in [0.5, 0.6) is 11.5 Å². The number of aliphatic hydroxyl groups is 1. The molecule has 5 rings (SSSR count). The molecule has 0 radical (unpaired) electrons. The van der Waals surface area contributed by atoms with E-state index in [2.05, 4.69) is 26.8 Å². The fraction of sp³-hybridized carbons (Fsp3) is 0.607. The fourth-order valence-electron chi connectivity index (χ4n) is 6.84. The van der Waals surface area contributed by atoms with Crippen molar-refractivity contribution >= 4 is 17.8 Å². The molecule has 9 nitrogen and oxygen atoms in total. The van der Waals surface area contributed by atoms with Crippen molar-refractivity contribution in [1.29, 1.82) is 0 Å². The highest BCUT2D eigenvalue weighted by Crippen LogP contribution is 2.63. The Labute approximate surface area is 216 Å². The third-order valence-corrected chi connectivity index (χ3v) is 8.73. The molecule has 6 atom stereocenters. The Balaban J connectivity index is 1.57. The molecule has 37 heavy (non-hydrogen) atoms. The highest BCUT2D eigenvalue weighted by atomic mass is 16.5. The summed E-state index contributed by atoms with van der Waals surface area (Å²) in [5.74, 6) is -1.76. The van der Waals surface area contributed by atoms with Crippen LogP contribution in [-0.4, -0.2) is 61.4 Å². The standard InChI is InChI=1S/C28H35NO8/c1-14(2)6-5-10-28(4)17-9-11-27(3,35)24-21(17)22-19(37-28)12-15-16(23(22)36-24)13-29(25(15)32)18(26(33)34)7-8-20(30)31/h6,12,17-18,21,24,35H,5,7-11,13H2,1-4H3,(H,30,31)(H,33,34)/t17-,18+,21+,24-,27+,28-/m0/s1. The summed E-state index contributed by atoms with van der Waals surface area (Å²) in [4.78, 5) is 37.8. The van der Waals surface area contributed by atoms with Gasteiger partial charge in [-0.15, -0.1) is 0 Å². The SMILES string of the molecule is CC(C)=CCC[C@]1(C)Oc2cc3c(c4c2[C@@H]2[C@H](O4)[C@](C)(O)CC[C@@H]21)CN([C@H](CCC(=O)O)C(=O)O)C3=O. The number of nitrogens with zero attached hydrogens (tertiary/aromatic N) is 1. The third kappa shape index (κ3) is 4.07. The van der Waals surface area contributed by atoms with E-state index in [4.69, 9.17) is 14.6 Å². The number of benzene rings is 1. The second kappa shape index (κ2) is 8.75. The molecule has 9 heteroatoms. The van der Waals surface area contributed by atoms with Crippen molar-refractivity contribution in [2.24, 2.45) is 5.92 Å². The summed E-state index contributed by atoms with van der Waals surface area (Å²) in [5, 5.41) is 30.2. The molecule has 0 unspecified atom stereocenters. The summed E-state index contributed by atoms with van der Waals surface area (Å²) in [5.41, 5.74) is 1.42. The van der Waals surface area contributed by atoms with Gasteiger partial charge >= 0.3 is 11.9 Å². The number of ether oxygens (including phenoxy) is 2. The molecular weight excluding hydrogens is 478 g/mol. The molecule has 1 aliphatic carbocycles. The van der Waals surface area contributed by atoms with E-state index in [1.54, 1.807) is 13.0 Å². The average molecular weight is 514 g/mol. The first-order valence-electron chi connectivity index (χ1n) is 13.0. The number of rotatable bonds is 8. The lowest BCUT2D eigenvalue weighted by Crippen LogP contribution is -2.57. The van der Waals surface area contributed by atoms with Crippen LogP contribution in [0.2, 0.25) is 0 Å². The van der Waals surface area contributed by atoms with Crippen molar-refractivity contribution in [2.45, 2.75) is 102 Å². The van der Waals surface area contributed by atoms with Crippen LogP contribution in [-0.2, 0) is 16.1 Å². The lowest BCUT2D eigenvalue weighted by Gasteiger charge is -2.51. The minimum Gasteiger partial charge on any atom is -0.487 e. The normalized spacial score (nSPS) is 31.6. The Hall–Kier alpha value is -3.07. The van der Waals surface area contributed by atoms with Gasteiger partial charge in [0.05, 0.1) is 17.7 Å². The molecule has 3 heterocycles. The van der Waals surface area contributed by atoms with E-state index in [-0.39, 0.29) is 31.2 Å². The van der Waals surface area contributed by atoms with Crippen molar-refractivity contribution < 1.29 is 39.2 Å². The van der Waals surface area contributed by atoms with Crippen LogP contribution in [0.4, 0.5) is 0 Å². The van der Waals surface area contributed by atoms with Crippen LogP contribution in [0.25, 0.3) is 0 Å². The van der Waals surface area contributed by atoms with Crippen molar-refractivity contribution in [3.8, 4) is 11.5 Å². The maximum Gasteiger partial charge on any atom is 0.326 e. The molecule has 0 aromatic heterocycles. The van der Waals surface area contributed by atoms with Gasteiger partial charge in [-0.2, -0.15) is 0 Å². The molecule has 4 aliphatic rings. The molecule has 0 bridgehead atoms. The molecule has 3 N–H and O–H groups in total. The zero-order chi connectivity index (χ0) is 26.9. The molecule has 200 valence electrons. The van der Waals surface area contributed by atoms with E-state index in [1.807, 2.05) is 0 Å². The number of hydrogen-bond donors (Lipinski definition) is 3. The number of aliphatic carboxylic acids is 2. The van der Waals surface area contributed by atoms with E-state index in [1.165, 1.54) is 10.5 Å². The van der Waals surface area contributed by atoms with Gasteiger partial charge in [-0.25, -0.2) is 4.79 Å². The summed E-state index contributed by atoms with van der Waals surface area (Å²) >= 11 is 0. The van der Waals surface area contributed by atoms with E-state index in [9.17, 15) is 24.6 Å². The van der Waals surface area contributed by atoms with Gasteiger partial charge in [-0.3, -0.25) is 9.59 Å². The number of fused-ring (bicyclic) bond motifs is 2. The Kier molecular flexibility index (Phi) is 6.05. The van der Waals surface area contributed by atoms with Crippen molar-refractivity contribution in [2.75, 3.05) is 0 Å². The lowest BCUT2D eigenvalue weighted by atomic mass is 9.61. The summed E-state index contributed by atoms with van der Waals surface area (Å²) in [6, 6.07) is 0.437. The Bertz CT molecular complexity index is 1200. The van der Waals surface area contributed by atoms with Gasteiger partial charge in [0.2, 0.25) is 0 Å². The van der Waals surface area contributed by atoms with Crippen LogP contribution in [0.1, 0.15) is 93.6 Å². The topological polar surface area (TPSA) is 134 Å². The van der Waals surface area contributed by atoms with Gasteiger partial charge in [-0.1, -0.05) is 11.6 Å². The van der Waals surface area contributed by atoms with Crippen LogP contribution in [0, 0.1) is 5.92 Å². The zero-order valence-corrected chi connectivity index (χ0v) is 21.7. The second-order valence-electron chi connectivity index (χ2n) is 11.7. The van der Waals surface area contributed by atoms with E-state index in [0.717, 1.165) is 24.8 Å². The monoisotopic (exact) mass is 513 g/mol. The molecular formula is C28H35NO8. The third-order valence-electron chi connectivity index (χ3n) is 8.73. The van der Waals surface area contributed by atoms with Crippen molar-refractivity contribution in [3.05, 3.63) is 34.4 Å². The van der Waals surface area contributed by atoms with E-state index in [0.29, 0.717) is 29.0 Å². The fourth-order valence-corrected chi connectivity index (χ4v) is 6.84. The van der Waals surface area contributed by atoms with Gasteiger partial charge in [0.1, 0.15) is 29.2 Å². The first-order chi connectivity index (χ1) is 17.3. The number of allylic oxidation sites excluding steroid dienone is 2. The molecule has 3 aliphatic heterocycles. The largest absolute Gasteiger partial charge is 0.487 e. The number of carboxylic acid groups (broad SMARTS) is 2. The predicted molar refractivity (Wildman–Crippen MR) is 133 cm³/mol.